The van der Waals surface area contributed by atoms with Gasteiger partial charge in [0.25, 0.3) is 6.43 Å². The minimum absolute atomic E-state index is 0.179. The molecule has 0 unspecified atom stereocenters. The van der Waals surface area contributed by atoms with Crippen molar-refractivity contribution in [2.75, 3.05) is 0 Å². The zero-order valence-corrected chi connectivity index (χ0v) is 10.2. The van der Waals surface area contributed by atoms with Crippen molar-refractivity contribution in [1.82, 2.24) is 9.78 Å². The van der Waals surface area contributed by atoms with E-state index in [4.69, 9.17) is 23.8 Å². The summed E-state index contributed by atoms with van der Waals surface area (Å²) in [4.78, 5) is 0. The Kier molecular flexibility index (Phi) is 3.59. The number of alkyl halides is 2. The zero-order chi connectivity index (χ0) is 12.4. The summed E-state index contributed by atoms with van der Waals surface area (Å²) in [5.74, 6) is 0. The number of H-pyrrole nitrogens is 1. The van der Waals surface area contributed by atoms with Gasteiger partial charge >= 0.3 is 0 Å². The molecule has 2 rings (SSSR count). The van der Waals surface area contributed by atoms with Gasteiger partial charge in [-0.25, -0.2) is 8.78 Å². The lowest BCUT2D eigenvalue weighted by Crippen LogP contribution is -2.03. The first kappa shape index (κ1) is 12.3. The van der Waals surface area contributed by atoms with Crippen molar-refractivity contribution in [2.24, 2.45) is 0 Å². The number of nitrogens with zero attached hydrogens (tertiary/aromatic N) is 1. The highest BCUT2D eigenvalue weighted by Gasteiger charge is 2.11. The second-order valence-electron chi connectivity index (χ2n) is 3.53. The highest BCUT2D eigenvalue weighted by molar-refractivity contribution is 7.71. The van der Waals surface area contributed by atoms with Gasteiger partial charge in [0.05, 0.1) is 6.54 Å². The first-order valence-corrected chi connectivity index (χ1v) is 5.68. The van der Waals surface area contributed by atoms with Gasteiger partial charge < -0.3 is 0 Å². The molecular formula is C11H9ClF2N2S. The van der Waals surface area contributed by atoms with E-state index in [1.165, 1.54) is 10.7 Å². The summed E-state index contributed by atoms with van der Waals surface area (Å²) in [6, 6.07) is 8.48. The maximum atomic E-state index is 12.5. The van der Waals surface area contributed by atoms with E-state index in [1.807, 2.05) is 18.2 Å². The van der Waals surface area contributed by atoms with Crippen LogP contribution in [0, 0.1) is 4.64 Å². The lowest BCUT2D eigenvalue weighted by atomic mass is 10.2. The molecule has 0 aliphatic rings. The summed E-state index contributed by atoms with van der Waals surface area (Å²) in [5, 5.41) is 3.15. The number of benzene rings is 1. The average molecular weight is 275 g/mol. The SMILES string of the molecule is FC(F)c1cc(=S)n(Cc2ccccc2Cl)[nH]1. The smallest absolute Gasteiger partial charge is 0.279 e. The number of aromatic amines is 1. The van der Waals surface area contributed by atoms with E-state index in [-0.39, 0.29) is 5.69 Å². The Labute approximate surface area is 107 Å². The lowest BCUT2D eigenvalue weighted by Gasteiger charge is -2.05. The maximum absolute atomic E-state index is 12.5. The highest BCUT2D eigenvalue weighted by Crippen LogP contribution is 2.19. The Balaban J connectivity index is 2.31. The van der Waals surface area contributed by atoms with Gasteiger partial charge in [-0.1, -0.05) is 42.0 Å². The predicted octanol–water partition coefficient (Wildman–Crippen LogP) is 4.18. The molecular weight excluding hydrogens is 266 g/mol. The van der Waals surface area contributed by atoms with Crippen LogP contribution in [-0.4, -0.2) is 9.78 Å². The Morgan fingerprint density at radius 2 is 2.06 bits per heavy atom. The minimum Gasteiger partial charge on any atom is -0.296 e. The van der Waals surface area contributed by atoms with E-state index in [0.29, 0.717) is 16.2 Å². The number of rotatable bonds is 3. The molecule has 17 heavy (non-hydrogen) atoms. The third kappa shape index (κ3) is 2.73. The molecule has 6 heteroatoms. The molecule has 1 aromatic heterocycles. The summed E-state index contributed by atoms with van der Waals surface area (Å²) in [7, 11) is 0. The first-order valence-electron chi connectivity index (χ1n) is 4.89. The topological polar surface area (TPSA) is 20.7 Å². The van der Waals surface area contributed by atoms with Gasteiger partial charge in [-0.2, -0.15) is 0 Å². The average Bonchev–Trinajstić information content (AvgIpc) is 2.64. The standard InChI is InChI=1S/C11H9ClF2N2S/c12-8-4-2-1-3-7(8)6-16-10(17)5-9(15-16)11(13)14/h1-5,11,15H,6H2. The minimum atomic E-state index is -2.55. The summed E-state index contributed by atoms with van der Waals surface area (Å²) in [5.41, 5.74) is 0.648. The Morgan fingerprint density at radius 1 is 1.35 bits per heavy atom. The fraction of sp³-hybridized carbons (Fsp3) is 0.182. The van der Waals surface area contributed by atoms with Gasteiger partial charge in [0.15, 0.2) is 0 Å². The van der Waals surface area contributed by atoms with Crippen molar-refractivity contribution in [3.63, 3.8) is 0 Å². The van der Waals surface area contributed by atoms with Crippen molar-refractivity contribution in [3.05, 3.63) is 51.3 Å². The molecule has 1 heterocycles. The van der Waals surface area contributed by atoms with Crippen LogP contribution in [0.4, 0.5) is 8.78 Å². The molecule has 0 amide bonds. The summed E-state index contributed by atoms with van der Waals surface area (Å²) >= 11 is 11.0. The van der Waals surface area contributed by atoms with E-state index in [2.05, 4.69) is 5.10 Å². The van der Waals surface area contributed by atoms with Crippen LogP contribution in [0.2, 0.25) is 5.02 Å². The molecule has 0 atom stereocenters. The third-order valence-corrected chi connectivity index (χ3v) is 3.04. The third-order valence-electron chi connectivity index (χ3n) is 2.33. The van der Waals surface area contributed by atoms with Gasteiger partial charge in [-0.05, 0) is 11.6 Å². The number of halogens is 3. The van der Waals surface area contributed by atoms with Crippen LogP contribution in [0.25, 0.3) is 0 Å². The Hall–Kier alpha value is -1.20. The molecule has 1 aromatic carbocycles. The number of hydrogen-bond donors (Lipinski definition) is 1. The molecule has 0 fully saturated rings. The van der Waals surface area contributed by atoms with Crippen LogP contribution in [-0.2, 0) is 6.54 Å². The fourth-order valence-electron chi connectivity index (χ4n) is 1.48. The predicted molar refractivity (Wildman–Crippen MR) is 65.1 cm³/mol. The molecule has 90 valence electrons. The first-order chi connectivity index (χ1) is 8.08. The van der Waals surface area contributed by atoms with Crippen LogP contribution in [0.15, 0.2) is 30.3 Å². The van der Waals surface area contributed by atoms with Gasteiger partial charge in [0, 0.05) is 11.1 Å². The molecule has 0 spiro atoms. The number of hydrogen-bond acceptors (Lipinski definition) is 1. The zero-order valence-electron chi connectivity index (χ0n) is 8.66. The van der Waals surface area contributed by atoms with E-state index >= 15 is 0 Å². The van der Waals surface area contributed by atoms with Crippen LogP contribution in [0.1, 0.15) is 17.7 Å². The molecule has 0 bridgehead atoms. The summed E-state index contributed by atoms with van der Waals surface area (Å²) in [6.45, 7) is 0.352. The monoisotopic (exact) mass is 274 g/mol. The van der Waals surface area contributed by atoms with Crippen LogP contribution >= 0.6 is 23.8 Å². The molecule has 1 N–H and O–H groups in total. The fourth-order valence-corrected chi connectivity index (χ4v) is 1.91. The van der Waals surface area contributed by atoms with Gasteiger partial charge in [0.1, 0.15) is 10.3 Å². The normalized spacial score (nSPS) is 11.1. The van der Waals surface area contributed by atoms with E-state index in [0.717, 1.165) is 5.56 Å². The van der Waals surface area contributed by atoms with E-state index in [9.17, 15) is 8.78 Å². The van der Waals surface area contributed by atoms with Gasteiger partial charge in [-0.3, -0.25) is 9.78 Å². The highest BCUT2D eigenvalue weighted by atomic mass is 35.5. The largest absolute Gasteiger partial charge is 0.296 e. The number of aromatic nitrogens is 2. The van der Waals surface area contributed by atoms with Gasteiger partial charge in [0.2, 0.25) is 0 Å². The van der Waals surface area contributed by atoms with Crippen molar-refractivity contribution < 1.29 is 8.78 Å². The van der Waals surface area contributed by atoms with E-state index in [1.54, 1.807) is 6.07 Å². The second-order valence-corrected chi connectivity index (χ2v) is 4.35. The number of nitrogens with one attached hydrogen (secondary N) is 1. The summed E-state index contributed by atoms with van der Waals surface area (Å²) < 4.78 is 26.7. The van der Waals surface area contributed by atoms with Crippen molar-refractivity contribution >= 4 is 23.8 Å². The maximum Gasteiger partial charge on any atom is 0.279 e. The molecule has 2 aromatic rings. The van der Waals surface area contributed by atoms with Crippen molar-refractivity contribution in [2.45, 2.75) is 13.0 Å². The molecule has 0 aliphatic heterocycles. The van der Waals surface area contributed by atoms with Crippen LogP contribution < -0.4 is 0 Å². The summed E-state index contributed by atoms with van der Waals surface area (Å²) in [6.07, 6.45) is -2.55. The van der Waals surface area contributed by atoms with Crippen LogP contribution in [0.3, 0.4) is 0 Å². The molecule has 0 saturated carbocycles. The second kappa shape index (κ2) is 4.98. The molecule has 0 radical (unpaired) electrons. The Bertz CT molecular complexity index is 577. The molecule has 0 saturated heterocycles. The van der Waals surface area contributed by atoms with Crippen molar-refractivity contribution in [3.8, 4) is 0 Å². The molecule has 2 nitrogen and oxygen atoms in total. The van der Waals surface area contributed by atoms with Crippen LogP contribution in [0.5, 0.6) is 0 Å². The molecule has 0 aliphatic carbocycles. The van der Waals surface area contributed by atoms with Gasteiger partial charge in [-0.15, -0.1) is 0 Å². The lowest BCUT2D eigenvalue weighted by molar-refractivity contribution is 0.145. The Morgan fingerprint density at radius 3 is 2.65 bits per heavy atom. The van der Waals surface area contributed by atoms with Crippen molar-refractivity contribution in [1.29, 1.82) is 0 Å². The quantitative estimate of drug-likeness (QED) is 0.833. The van der Waals surface area contributed by atoms with E-state index < -0.39 is 6.43 Å².